The van der Waals surface area contributed by atoms with Crippen molar-refractivity contribution in [2.45, 2.75) is 37.4 Å². The Bertz CT molecular complexity index is 1850. The number of hydrogen-bond donors (Lipinski definition) is 1. The molecule has 0 saturated heterocycles. The summed E-state index contributed by atoms with van der Waals surface area (Å²) in [5, 5.41) is 9.88. The number of nitrogens with zero attached hydrogens (tertiary/aromatic N) is 8. The molecule has 0 saturated carbocycles. The fourth-order valence-electron chi connectivity index (χ4n) is 5.21. The van der Waals surface area contributed by atoms with Gasteiger partial charge < -0.3 is 5.32 Å². The van der Waals surface area contributed by atoms with E-state index in [9.17, 15) is 35.5 Å². The van der Waals surface area contributed by atoms with Gasteiger partial charge in [-0.3, -0.25) is 9.78 Å². The molecule has 216 valence electrons. The maximum absolute atomic E-state index is 14.2. The summed E-state index contributed by atoms with van der Waals surface area (Å²) in [5.41, 5.74) is -3.54. The number of alkyl halides is 5. The van der Waals surface area contributed by atoms with E-state index in [1.807, 2.05) is 0 Å². The summed E-state index contributed by atoms with van der Waals surface area (Å²) in [4.78, 5) is 28.4. The Hall–Kier alpha value is -4.96. The first-order valence-electron chi connectivity index (χ1n) is 12.1. The van der Waals surface area contributed by atoms with Crippen LogP contribution in [0, 0.1) is 11.8 Å². The van der Waals surface area contributed by atoms with Crippen LogP contribution in [0.5, 0.6) is 0 Å². The number of amides is 1. The molecule has 5 aromatic rings. The minimum absolute atomic E-state index is 0.0742. The molecule has 1 aliphatic rings. The lowest BCUT2D eigenvalue weighted by Crippen LogP contribution is -2.25. The van der Waals surface area contributed by atoms with Crippen LogP contribution < -0.4 is 5.32 Å². The van der Waals surface area contributed by atoms with Gasteiger partial charge in [0.15, 0.2) is 11.5 Å². The van der Waals surface area contributed by atoms with Crippen LogP contribution in [0.3, 0.4) is 0 Å². The van der Waals surface area contributed by atoms with Gasteiger partial charge in [-0.2, -0.15) is 31.4 Å². The molecule has 1 amide bonds. The molecule has 0 aromatic carbocycles. The summed E-state index contributed by atoms with van der Waals surface area (Å²) in [6.07, 6.45) is 0.980. The Morgan fingerprint density at radius 3 is 2.55 bits per heavy atom. The second-order valence-corrected chi connectivity index (χ2v) is 9.70. The van der Waals surface area contributed by atoms with Crippen LogP contribution >= 0.6 is 0 Å². The van der Waals surface area contributed by atoms with Gasteiger partial charge in [0.25, 0.3) is 0 Å². The highest BCUT2D eigenvalue weighted by atomic mass is 19.4. The predicted octanol–water partition coefficient (Wildman–Crippen LogP) is 4.90. The van der Waals surface area contributed by atoms with Crippen molar-refractivity contribution in [3.63, 3.8) is 0 Å². The predicted molar refractivity (Wildman–Crippen MR) is 129 cm³/mol. The quantitative estimate of drug-likeness (QED) is 0.289. The Morgan fingerprint density at radius 2 is 1.86 bits per heavy atom. The molecule has 1 aliphatic carbocycles. The second kappa shape index (κ2) is 9.56. The number of nitrogens with one attached hydrogen (secondary N) is 1. The van der Waals surface area contributed by atoms with Gasteiger partial charge in [-0.15, -0.1) is 5.10 Å². The molecule has 17 heteroatoms. The molecule has 0 bridgehead atoms. The number of carbonyl (C=O) groups excluding carboxylic acids is 1. The van der Waals surface area contributed by atoms with Crippen LogP contribution in [0.2, 0.25) is 0 Å². The number of aromatic nitrogens is 8. The van der Waals surface area contributed by atoms with Crippen molar-refractivity contribution in [1.82, 2.24) is 39.3 Å². The first-order chi connectivity index (χ1) is 19.9. The highest BCUT2D eigenvalue weighted by Gasteiger charge is 2.48. The highest BCUT2D eigenvalue weighted by Crippen LogP contribution is 2.50. The zero-order valence-corrected chi connectivity index (χ0v) is 21.1. The third kappa shape index (κ3) is 4.40. The van der Waals surface area contributed by atoms with E-state index >= 15 is 0 Å². The maximum Gasteiger partial charge on any atom is 0.418 e. The van der Waals surface area contributed by atoms with E-state index in [0.717, 1.165) is 29.3 Å². The molecule has 0 unspecified atom stereocenters. The molecule has 5 aromatic heterocycles. The first kappa shape index (κ1) is 27.2. The van der Waals surface area contributed by atoms with Crippen molar-refractivity contribution in [1.29, 1.82) is 0 Å². The maximum atomic E-state index is 14.2. The molecular formula is C25H16F7N9O. The monoisotopic (exact) mass is 591 g/mol. The zero-order valence-electron chi connectivity index (χ0n) is 21.1. The molecule has 0 fully saturated rings. The number of fused-ring (bicyclic) bond motifs is 3. The Morgan fingerprint density at radius 1 is 1.07 bits per heavy atom. The summed E-state index contributed by atoms with van der Waals surface area (Å²) in [6.45, 7) is -1.32. The topological polar surface area (TPSA) is 116 Å². The molecule has 0 radical (unpaired) electrons. The van der Waals surface area contributed by atoms with Gasteiger partial charge in [0.1, 0.15) is 17.7 Å². The average molecular weight is 591 g/mol. The molecule has 6 rings (SSSR count). The van der Waals surface area contributed by atoms with Crippen LogP contribution in [0.1, 0.15) is 48.2 Å². The van der Waals surface area contributed by atoms with E-state index in [1.165, 1.54) is 12.4 Å². The lowest BCUT2D eigenvalue weighted by molar-refractivity contribution is -0.137. The standard InChI is InChI=1S/C25H16F7N9O/c1-24(11-5-37-40(9-11)23(28)29)4-13(14-7-34-18-3-17(27)39-41(18)21(14)24)22(42)38-12-2-15(25(30,31)32)19(35-6-12)20-16(26)8-33-10-36-20/h2-3,5-10,13,23H,4H2,1H3,(H,38,42)/t13-,24+/m0/s1. The Labute approximate surface area is 230 Å². The Balaban J connectivity index is 1.40. The summed E-state index contributed by atoms with van der Waals surface area (Å²) in [7, 11) is 0. The molecule has 1 N–H and O–H groups in total. The van der Waals surface area contributed by atoms with E-state index < -0.39 is 58.7 Å². The van der Waals surface area contributed by atoms with Gasteiger partial charge in [-0.1, -0.05) is 0 Å². The number of rotatable bonds is 5. The number of pyridine rings is 1. The minimum atomic E-state index is -5.00. The lowest BCUT2D eigenvalue weighted by Gasteiger charge is -2.24. The molecule has 5 heterocycles. The summed E-state index contributed by atoms with van der Waals surface area (Å²) >= 11 is 0. The van der Waals surface area contributed by atoms with Crippen LogP contribution in [-0.4, -0.2) is 45.2 Å². The molecule has 10 nitrogen and oxygen atoms in total. The van der Waals surface area contributed by atoms with Gasteiger partial charge >= 0.3 is 12.7 Å². The second-order valence-electron chi connectivity index (χ2n) is 9.70. The van der Waals surface area contributed by atoms with Crippen LogP contribution in [0.4, 0.5) is 36.4 Å². The van der Waals surface area contributed by atoms with Crippen molar-refractivity contribution < 1.29 is 35.5 Å². The zero-order chi connectivity index (χ0) is 30.0. The SMILES string of the molecule is C[C@]1(c2cnn(C(F)F)c2)C[C@H](C(=O)Nc2cnc(-c3ncncc3F)c(C(F)(F)F)c2)c2cnc3cc(F)nn3c21. The van der Waals surface area contributed by atoms with E-state index in [-0.39, 0.29) is 34.6 Å². The average Bonchev–Trinajstić information content (AvgIpc) is 3.64. The van der Waals surface area contributed by atoms with Crippen molar-refractivity contribution in [2.24, 2.45) is 0 Å². The first-order valence-corrected chi connectivity index (χ1v) is 12.1. The highest BCUT2D eigenvalue weighted by molar-refractivity contribution is 5.97. The summed E-state index contributed by atoms with van der Waals surface area (Å²) < 4.78 is 98.4. The van der Waals surface area contributed by atoms with Crippen LogP contribution in [-0.2, 0) is 16.4 Å². The third-order valence-corrected chi connectivity index (χ3v) is 7.10. The fraction of sp³-hybridized carbons (Fsp3) is 0.240. The normalized spacial score (nSPS) is 18.5. The van der Waals surface area contributed by atoms with Gasteiger partial charge in [0, 0.05) is 35.0 Å². The smallest absolute Gasteiger partial charge is 0.324 e. The van der Waals surface area contributed by atoms with E-state index in [0.29, 0.717) is 16.9 Å². The summed E-state index contributed by atoms with van der Waals surface area (Å²) in [6, 6.07) is 1.64. The number of hydrogen-bond acceptors (Lipinski definition) is 7. The van der Waals surface area contributed by atoms with E-state index in [1.54, 1.807) is 6.92 Å². The largest absolute Gasteiger partial charge is 0.418 e. The summed E-state index contributed by atoms with van der Waals surface area (Å²) in [5.74, 6) is -3.87. The van der Waals surface area contributed by atoms with Gasteiger partial charge in [-0.25, -0.2) is 28.5 Å². The third-order valence-electron chi connectivity index (χ3n) is 7.10. The molecule has 0 aliphatic heterocycles. The minimum Gasteiger partial charge on any atom is -0.324 e. The molecule has 0 spiro atoms. The van der Waals surface area contributed by atoms with E-state index in [2.05, 4.69) is 35.5 Å². The Kier molecular flexibility index (Phi) is 6.20. The van der Waals surface area contributed by atoms with Gasteiger partial charge in [0.05, 0.1) is 41.5 Å². The molecule has 42 heavy (non-hydrogen) atoms. The molecule has 2 atom stereocenters. The number of halogens is 7. The van der Waals surface area contributed by atoms with Crippen molar-refractivity contribution >= 4 is 17.2 Å². The van der Waals surface area contributed by atoms with Crippen molar-refractivity contribution in [3.8, 4) is 11.4 Å². The van der Waals surface area contributed by atoms with Crippen LogP contribution in [0.25, 0.3) is 17.0 Å². The number of anilines is 1. The molecular weight excluding hydrogens is 575 g/mol. The number of carbonyl (C=O) groups is 1. The van der Waals surface area contributed by atoms with Gasteiger partial charge in [-0.05, 0) is 19.4 Å². The van der Waals surface area contributed by atoms with E-state index in [4.69, 9.17) is 0 Å². The van der Waals surface area contributed by atoms with Gasteiger partial charge in [0.2, 0.25) is 11.9 Å². The fourth-order valence-corrected chi connectivity index (χ4v) is 5.21. The van der Waals surface area contributed by atoms with Crippen molar-refractivity contribution in [3.05, 3.63) is 83.6 Å². The van der Waals surface area contributed by atoms with Crippen molar-refractivity contribution in [2.75, 3.05) is 5.32 Å². The van der Waals surface area contributed by atoms with Crippen LogP contribution in [0.15, 0.2) is 49.4 Å². The lowest BCUT2D eigenvalue weighted by atomic mass is 9.80.